The minimum Gasteiger partial charge on any atom is -0.316 e. The third kappa shape index (κ3) is 6.66. The van der Waals surface area contributed by atoms with E-state index < -0.39 is 0 Å². The van der Waals surface area contributed by atoms with Crippen LogP contribution in [0.25, 0.3) is 0 Å². The highest BCUT2D eigenvalue weighted by Crippen LogP contribution is 2.04. The lowest BCUT2D eigenvalue weighted by molar-refractivity contribution is 0.530. The molecule has 0 saturated carbocycles. The highest BCUT2D eigenvalue weighted by molar-refractivity contribution is 7.07. The molecule has 0 aliphatic rings. The fraction of sp³-hybridized carbons (Fsp3) is 0.667. The van der Waals surface area contributed by atoms with Crippen molar-refractivity contribution < 1.29 is 0 Å². The van der Waals surface area contributed by atoms with Crippen LogP contribution in [0.1, 0.15) is 25.8 Å². The van der Waals surface area contributed by atoms with Crippen LogP contribution in [0.3, 0.4) is 0 Å². The van der Waals surface area contributed by atoms with Crippen molar-refractivity contribution in [2.75, 3.05) is 19.6 Å². The standard InChI is InChI=1S/C12H22N2S/c1-11(2)8-13-5-3-6-14-9-12-4-7-15-10-12/h4,7,10-11,13-14H,3,5-6,8-9H2,1-2H3. The number of rotatable bonds is 8. The first-order valence-corrected chi connectivity index (χ1v) is 6.66. The van der Waals surface area contributed by atoms with Gasteiger partial charge in [-0.1, -0.05) is 13.8 Å². The number of thiophene rings is 1. The quantitative estimate of drug-likeness (QED) is 0.665. The maximum absolute atomic E-state index is 3.44. The monoisotopic (exact) mass is 226 g/mol. The van der Waals surface area contributed by atoms with Crippen LogP contribution in [0.4, 0.5) is 0 Å². The molecule has 0 bridgehead atoms. The summed E-state index contributed by atoms with van der Waals surface area (Å²) < 4.78 is 0. The minimum absolute atomic E-state index is 0.753. The van der Waals surface area contributed by atoms with E-state index in [2.05, 4.69) is 41.3 Å². The Bertz CT molecular complexity index is 232. The summed E-state index contributed by atoms with van der Waals surface area (Å²) >= 11 is 1.76. The van der Waals surface area contributed by atoms with Crippen LogP contribution in [0.5, 0.6) is 0 Å². The second-order valence-electron chi connectivity index (χ2n) is 4.26. The average Bonchev–Trinajstić information content (AvgIpc) is 2.68. The Hall–Kier alpha value is -0.380. The van der Waals surface area contributed by atoms with Crippen LogP contribution in [-0.4, -0.2) is 19.6 Å². The van der Waals surface area contributed by atoms with Crippen molar-refractivity contribution in [3.8, 4) is 0 Å². The molecule has 0 fully saturated rings. The van der Waals surface area contributed by atoms with Crippen LogP contribution in [0.15, 0.2) is 16.8 Å². The summed E-state index contributed by atoms with van der Waals surface area (Å²) in [6, 6.07) is 2.18. The van der Waals surface area contributed by atoms with Crippen molar-refractivity contribution >= 4 is 11.3 Å². The lowest BCUT2D eigenvalue weighted by Gasteiger charge is -2.07. The topological polar surface area (TPSA) is 24.1 Å². The van der Waals surface area contributed by atoms with Crippen molar-refractivity contribution in [2.24, 2.45) is 5.92 Å². The molecule has 0 amide bonds. The molecule has 2 N–H and O–H groups in total. The van der Waals surface area contributed by atoms with Crippen LogP contribution in [-0.2, 0) is 6.54 Å². The summed E-state index contributed by atoms with van der Waals surface area (Å²) in [7, 11) is 0. The first-order valence-electron chi connectivity index (χ1n) is 5.71. The average molecular weight is 226 g/mol. The normalized spacial score (nSPS) is 11.1. The van der Waals surface area contributed by atoms with Gasteiger partial charge in [0.1, 0.15) is 0 Å². The van der Waals surface area contributed by atoms with E-state index in [1.807, 2.05) is 0 Å². The SMILES string of the molecule is CC(C)CNCCCNCc1ccsc1. The lowest BCUT2D eigenvalue weighted by Crippen LogP contribution is -2.24. The fourth-order valence-corrected chi connectivity index (χ4v) is 2.02. The van der Waals surface area contributed by atoms with Gasteiger partial charge in [-0.05, 0) is 54.4 Å². The molecule has 0 saturated heterocycles. The Morgan fingerprint density at radius 2 is 2.07 bits per heavy atom. The Morgan fingerprint density at radius 1 is 1.27 bits per heavy atom. The van der Waals surface area contributed by atoms with Gasteiger partial charge in [0.05, 0.1) is 0 Å². The minimum atomic E-state index is 0.753. The molecule has 1 aromatic heterocycles. The van der Waals surface area contributed by atoms with Crippen molar-refractivity contribution in [3.63, 3.8) is 0 Å². The van der Waals surface area contributed by atoms with Crippen molar-refractivity contribution in [1.82, 2.24) is 10.6 Å². The van der Waals surface area contributed by atoms with Crippen LogP contribution in [0.2, 0.25) is 0 Å². The molecule has 0 radical (unpaired) electrons. The summed E-state index contributed by atoms with van der Waals surface area (Å²) in [5.74, 6) is 0.753. The Kier molecular flexibility index (Phi) is 6.64. The van der Waals surface area contributed by atoms with Crippen LogP contribution < -0.4 is 10.6 Å². The highest BCUT2D eigenvalue weighted by Gasteiger charge is 1.94. The van der Waals surface area contributed by atoms with E-state index >= 15 is 0 Å². The van der Waals surface area contributed by atoms with E-state index in [0.717, 1.165) is 32.1 Å². The van der Waals surface area contributed by atoms with Crippen molar-refractivity contribution in [2.45, 2.75) is 26.8 Å². The molecule has 1 heterocycles. The summed E-state index contributed by atoms with van der Waals surface area (Å²) in [5, 5.41) is 11.2. The molecule has 15 heavy (non-hydrogen) atoms. The first-order chi connectivity index (χ1) is 7.29. The van der Waals surface area contributed by atoms with E-state index in [4.69, 9.17) is 0 Å². The Balaban J connectivity index is 1.85. The maximum Gasteiger partial charge on any atom is 0.0213 e. The highest BCUT2D eigenvalue weighted by atomic mass is 32.1. The van der Waals surface area contributed by atoms with Gasteiger partial charge in [0.15, 0.2) is 0 Å². The molecule has 0 spiro atoms. The predicted octanol–water partition coefficient (Wildman–Crippen LogP) is 2.47. The molecule has 1 rings (SSSR count). The zero-order chi connectivity index (χ0) is 10.9. The number of hydrogen-bond acceptors (Lipinski definition) is 3. The predicted molar refractivity (Wildman–Crippen MR) is 68.4 cm³/mol. The number of nitrogens with one attached hydrogen (secondary N) is 2. The Morgan fingerprint density at radius 3 is 2.73 bits per heavy atom. The van der Waals surface area contributed by atoms with Crippen LogP contribution in [0, 0.1) is 5.92 Å². The fourth-order valence-electron chi connectivity index (χ4n) is 1.36. The lowest BCUT2D eigenvalue weighted by atomic mass is 10.2. The summed E-state index contributed by atoms with van der Waals surface area (Å²) in [6.45, 7) is 8.83. The van der Waals surface area contributed by atoms with Gasteiger partial charge in [-0.25, -0.2) is 0 Å². The molecular weight excluding hydrogens is 204 g/mol. The van der Waals surface area contributed by atoms with Gasteiger partial charge in [-0.2, -0.15) is 11.3 Å². The summed E-state index contributed by atoms with van der Waals surface area (Å²) in [5.41, 5.74) is 1.40. The molecule has 2 nitrogen and oxygen atoms in total. The molecular formula is C12H22N2S. The molecule has 1 aromatic rings. The van der Waals surface area contributed by atoms with Gasteiger partial charge in [-0.15, -0.1) is 0 Å². The van der Waals surface area contributed by atoms with Crippen molar-refractivity contribution in [3.05, 3.63) is 22.4 Å². The van der Waals surface area contributed by atoms with E-state index in [-0.39, 0.29) is 0 Å². The first kappa shape index (κ1) is 12.7. The third-order valence-corrected chi connectivity index (χ3v) is 2.90. The zero-order valence-corrected chi connectivity index (χ0v) is 10.6. The van der Waals surface area contributed by atoms with E-state index in [9.17, 15) is 0 Å². The maximum atomic E-state index is 3.44. The zero-order valence-electron chi connectivity index (χ0n) is 9.75. The third-order valence-electron chi connectivity index (χ3n) is 2.17. The summed E-state index contributed by atoms with van der Waals surface area (Å²) in [4.78, 5) is 0. The van der Waals surface area contributed by atoms with Gasteiger partial charge < -0.3 is 10.6 Å². The van der Waals surface area contributed by atoms with E-state index in [1.54, 1.807) is 11.3 Å². The van der Waals surface area contributed by atoms with E-state index in [1.165, 1.54) is 12.0 Å². The number of hydrogen-bond donors (Lipinski definition) is 2. The van der Waals surface area contributed by atoms with Crippen LogP contribution >= 0.6 is 11.3 Å². The molecule has 3 heteroatoms. The van der Waals surface area contributed by atoms with Gasteiger partial charge in [0.2, 0.25) is 0 Å². The van der Waals surface area contributed by atoms with Crippen molar-refractivity contribution in [1.29, 1.82) is 0 Å². The molecule has 86 valence electrons. The molecule has 0 unspecified atom stereocenters. The van der Waals surface area contributed by atoms with Gasteiger partial charge in [0, 0.05) is 6.54 Å². The molecule has 0 aliphatic carbocycles. The molecule has 0 aromatic carbocycles. The molecule has 0 atom stereocenters. The second kappa shape index (κ2) is 7.85. The van der Waals surface area contributed by atoms with Gasteiger partial charge in [0.25, 0.3) is 0 Å². The smallest absolute Gasteiger partial charge is 0.0213 e. The summed E-state index contributed by atoms with van der Waals surface area (Å²) in [6.07, 6.45) is 1.21. The Labute approximate surface area is 97.1 Å². The largest absolute Gasteiger partial charge is 0.316 e. The van der Waals surface area contributed by atoms with Gasteiger partial charge >= 0.3 is 0 Å². The second-order valence-corrected chi connectivity index (χ2v) is 5.04. The van der Waals surface area contributed by atoms with E-state index in [0.29, 0.717) is 0 Å². The van der Waals surface area contributed by atoms with Gasteiger partial charge in [-0.3, -0.25) is 0 Å². The molecule has 0 aliphatic heterocycles.